The average Bonchev–Trinajstić information content (AvgIpc) is 2.09. The Morgan fingerprint density at radius 3 is 2.62 bits per heavy atom. The Balaban J connectivity index is 3.30. The molecule has 0 saturated carbocycles. The van der Waals surface area contributed by atoms with Crippen molar-refractivity contribution in [1.82, 2.24) is 4.98 Å². The lowest BCUT2D eigenvalue weighted by Gasteiger charge is -2.09. The predicted octanol–water partition coefficient (Wildman–Crippen LogP) is 2.99. The number of hydrogen-bond acceptors (Lipinski definition) is 2. The molecule has 5 heteroatoms. The van der Waals surface area contributed by atoms with Gasteiger partial charge in [-0.3, -0.25) is 4.98 Å². The molecule has 0 unspecified atom stereocenters. The molecular formula is C8H8ClF2NO. The lowest BCUT2D eigenvalue weighted by molar-refractivity contribution is 0.141. The highest BCUT2D eigenvalue weighted by Crippen LogP contribution is 2.34. The summed E-state index contributed by atoms with van der Waals surface area (Å²) in [7, 11) is 1.29. The molecule has 0 N–H and O–H groups in total. The van der Waals surface area contributed by atoms with Crippen molar-refractivity contribution in [3.8, 4) is 5.75 Å². The Hall–Kier alpha value is -0.900. The van der Waals surface area contributed by atoms with Crippen molar-refractivity contribution in [1.29, 1.82) is 0 Å². The van der Waals surface area contributed by atoms with Crippen LogP contribution in [-0.4, -0.2) is 12.1 Å². The van der Waals surface area contributed by atoms with E-state index in [0.29, 0.717) is 5.56 Å². The van der Waals surface area contributed by atoms with Crippen molar-refractivity contribution in [2.75, 3.05) is 7.11 Å². The molecule has 0 spiro atoms. The van der Waals surface area contributed by atoms with Gasteiger partial charge in [0.05, 0.1) is 12.1 Å². The first kappa shape index (κ1) is 10.2. The minimum Gasteiger partial charge on any atom is -0.493 e. The maximum Gasteiger partial charge on any atom is 0.284 e. The van der Waals surface area contributed by atoms with Crippen molar-refractivity contribution in [3.05, 3.63) is 22.5 Å². The second-order valence-corrected chi connectivity index (χ2v) is 2.85. The summed E-state index contributed by atoms with van der Waals surface area (Å²) in [6, 6.07) is 0. The van der Waals surface area contributed by atoms with Crippen molar-refractivity contribution in [2.45, 2.75) is 13.3 Å². The molecule has 1 rings (SSSR count). The number of methoxy groups -OCH3 is 1. The number of aromatic nitrogens is 1. The van der Waals surface area contributed by atoms with Crippen LogP contribution in [0.25, 0.3) is 0 Å². The van der Waals surface area contributed by atoms with Crippen molar-refractivity contribution in [3.63, 3.8) is 0 Å². The lowest BCUT2D eigenvalue weighted by Crippen LogP contribution is -1.98. The minimum atomic E-state index is -2.67. The molecule has 0 aliphatic carbocycles. The third-order valence-corrected chi connectivity index (χ3v) is 2.06. The van der Waals surface area contributed by atoms with Gasteiger partial charge in [-0.2, -0.15) is 0 Å². The molecule has 0 bridgehead atoms. The third kappa shape index (κ3) is 1.88. The zero-order chi connectivity index (χ0) is 10.0. The minimum absolute atomic E-state index is 0.0448. The molecule has 2 nitrogen and oxygen atoms in total. The summed E-state index contributed by atoms with van der Waals surface area (Å²) in [5.74, 6) is -0.0448. The quantitative estimate of drug-likeness (QED) is 0.744. The Morgan fingerprint density at radius 1 is 1.54 bits per heavy atom. The van der Waals surface area contributed by atoms with Gasteiger partial charge in [-0.25, -0.2) is 8.78 Å². The Bertz CT molecular complexity index is 317. The number of hydrogen-bond donors (Lipinski definition) is 0. The van der Waals surface area contributed by atoms with Gasteiger partial charge in [0.1, 0.15) is 5.69 Å². The van der Waals surface area contributed by atoms with Crippen LogP contribution in [0, 0.1) is 6.92 Å². The number of halogens is 3. The van der Waals surface area contributed by atoms with Gasteiger partial charge in [0, 0.05) is 6.20 Å². The van der Waals surface area contributed by atoms with Crippen LogP contribution in [-0.2, 0) is 0 Å². The van der Waals surface area contributed by atoms with Crippen LogP contribution >= 0.6 is 11.6 Å². The number of ether oxygens (including phenoxy) is 1. The molecule has 0 saturated heterocycles. The summed E-state index contributed by atoms with van der Waals surface area (Å²) in [6.07, 6.45) is -1.38. The van der Waals surface area contributed by atoms with Crippen LogP contribution in [0.4, 0.5) is 8.78 Å². The molecule has 0 aliphatic heterocycles. The van der Waals surface area contributed by atoms with Crippen LogP contribution in [0.2, 0.25) is 5.02 Å². The fraction of sp³-hybridized carbons (Fsp3) is 0.375. The van der Waals surface area contributed by atoms with E-state index in [1.807, 2.05) is 0 Å². The van der Waals surface area contributed by atoms with E-state index in [1.165, 1.54) is 13.3 Å². The van der Waals surface area contributed by atoms with Crippen LogP contribution in [0.3, 0.4) is 0 Å². The van der Waals surface area contributed by atoms with Gasteiger partial charge >= 0.3 is 0 Å². The second-order valence-electron chi connectivity index (χ2n) is 2.47. The number of nitrogens with zero attached hydrogens (tertiary/aromatic N) is 1. The van der Waals surface area contributed by atoms with Crippen molar-refractivity contribution >= 4 is 11.6 Å². The number of pyridine rings is 1. The molecule has 0 radical (unpaired) electrons. The van der Waals surface area contributed by atoms with E-state index in [1.54, 1.807) is 6.92 Å². The Labute approximate surface area is 79.5 Å². The molecule has 0 fully saturated rings. The maximum atomic E-state index is 12.3. The fourth-order valence-corrected chi connectivity index (χ4v) is 1.15. The molecular weight excluding hydrogens is 200 g/mol. The van der Waals surface area contributed by atoms with Gasteiger partial charge in [-0.05, 0) is 12.5 Å². The smallest absolute Gasteiger partial charge is 0.284 e. The SMILES string of the molecule is COc1c(C(F)F)ncc(C)c1Cl. The topological polar surface area (TPSA) is 22.1 Å². The van der Waals surface area contributed by atoms with Crippen LogP contribution in [0.15, 0.2) is 6.20 Å². The van der Waals surface area contributed by atoms with Gasteiger partial charge in [0.25, 0.3) is 6.43 Å². The highest BCUT2D eigenvalue weighted by Gasteiger charge is 2.19. The van der Waals surface area contributed by atoms with Crippen molar-refractivity contribution < 1.29 is 13.5 Å². The average molecular weight is 208 g/mol. The monoisotopic (exact) mass is 207 g/mol. The molecule has 1 aromatic rings. The van der Waals surface area contributed by atoms with Crippen LogP contribution < -0.4 is 4.74 Å². The largest absolute Gasteiger partial charge is 0.493 e. The van der Waals surface area contributed by atoms with Gasteiger partial charge in [0.2, 0.25) is 0 Å². The maximum absolute atomic E-state index is 12.3. The highest BCUT2D eigenvalue weighted by molar-refractivity contribution is 6.32. The van der Waals surface area contributed by atoms with Gasteiger partial charge in [0.15, 0.2) is 5.75 Å². The van der Waals surface area contributed by atoms with E-state index in [-0.39, 0.29) is 10.8 Å². The molecule has 0 amide bonds. The second kappa shape index (κ2) is 3.87. The molecule has 0 aromatic carbocycles. The van der Waals surface area contributed by atoms with Crippen molar-refractivity contribution in [2.24, 2.45) is 0 Å². The van der Waals surface area contributed by atoms with Gasteiger partial charge < -0.3 is 4.74 Å². The lowest BCUT2D eigenvalue weighted by atomic mass is 10.2. The number of rotatable bonds is 2. The van der Waals surface area contributed by atoms with E-state index in [9.17, 15) is 8.78 Å². The number of aryl methyl sites for hydroxylation is 1. The zero-order valence-corrected chi connectivity index (χ0v) is 7.90. The summed E-state index contributed by atoms with van der Waals surface area (Å²) in [5.41, 5.74) is 0.195. The third-order valence-electron chi connectivity index (χ3n) is 1.59. The van der Waals surface area contributed by atoms with E-state index in [0.717, 1.165) is 0 Å². The Kier molecular flexibility index (Phi) is 3.03. The predicted molar refractivity (Wildman–Crippen MR) is 45.5 cm³/mol. The summed E-state index contributed by atoms with van der Waals surface area (Å²) >= 11 is 5.74. The molecule has 72 valence electrons. The molecule has 1 heterocycles. The summed E-state index contributed by atoms with van der Waals surface area (Å²) in [6.45, 7) is 1.67. The molecule has 1 aromatic heterocycles. The Morgan fingerprint density at radius 2 is 2.15 bits per heavy atom. The first-order valence-corrected chi connectivity index (χ1v) is 3.92. The van der Waals surface area contributed by atoms with Crippen LogP contribution in [0.5, 0.6) is 5.75 Å². The first-order chi connectivity index (χ1) is 6.07. The standard InChI is InChI=1S/C8H8ClF2NO/c1-4-3-12-6(8(10)11)7(13-2)5(4)9/h3,8H,1-2H3. The van der Waals surface area contributed by atoms with Gasteiger partial charge in [-0.15, -0.1) is 0 Å². The summed E-state index contributed by atoms with van der Waals surface area (Å²) < 4.78 is 29.4. The van der Waals surface area contributed by atoms with E-state index in [2.05, 4.69) is 4.98 Å². The van der Waals surface area contributed by atoms with Gasteiger partial charge in [-0.1, -0.05) is 11.6 Å². The van der Waals surface area contributed by atoms with Crippen LogP contribution in [0.1, 0.15) is 17.7 Å². The normalized spacial score (nSPS) is 10.6. The molecule has 0 aliphatic rings. The zero-order valence-electron chi connectivity index (χ0n) is 7.14. The van der Waals surface area contributed by atoms with E-state index in [4.69, 9.17) is 16.3 Å². The van der Waals surface area contributed by atoms with E-state index < -0.39 is 12.1 Å². The highest BCUT2D eigenvalue weighted by atomic mass is 35.5. The summed E-state index contributed by atoms with van der Waals surface area (Å²) in [4.78, 5) is 3.55. The van der Waals surface area contributed by atoms with E-state index >= 15 is 0 Å². The summed E-state index contributed by atoms with van der Waals surface area (Å²) in [5, 5.41) is 0.188. The number of alkyl halides is 2. The molecule has 0 atom stereocenters. The fourth-order valence-electron chi connectivity index (χ4n) is 0.923. The first-order valence-electron chi connectivity index (χ1n) is 3.55. The molecule has 13 heavy (non-hydrogen) atoms.